The average molecular weight is 281 g/mol. The molecule has 3 heteroatoms. The summed E-state index contributed by atoms with van der Waals surface area (Å²) in [7, 11) is 0. The van der Waals surface area contributed by atoms with Gasteiger partial charge in [-0.3, -0.25) is 0 Å². The van der Waals surface area contributed by atoms with Crippen LogP contribution in [0.2, 0.25) is 0 Å². The van der Waals surface area contributed by atoms with E-state index in [1.165, 1.54) is 0 Å². The van der Waals surface area contributed by atoms with Crippen molar-refractivity contribution in [2.75, 3.05) is 0 Å². The molecular formula is C19H11N3. The van der Waals surface area contributed by atoms with E-state index in [1.54, 1.807) is 24.3 Å². The Labute approximate surface area is 128 Å². The third-order valence-corrected chi connectivity index (χ3v) is 3.37. The Morgan fingerprint density at radius 3 is 1.36 bits per heavy atom. The predicted octanol–water partition coefficient (Wildman–Crippen LogP) is 4.16. The topological polar surface area (TPSA) is 60.5 Å². The van der Waals surface area contributed by atoms with Crippen LogP contribution in [0.4, 0.5) is 0 Å². The number of benzene rings is 2. The smallest absolute Gasteiger partial charge is 0.0991 e. The molecule has 22 heavy (non-hydrogen) atoms. The van der Waals surface area contributed by atoms with Crippen molar-refractivity contribution in [3.63, 3.8) is 0 Å². The fourth-order valence-electron chi connectivity index (χ4n) is 2.19. The Morgan fingerprint density at radius 1 is 0.591 bits per heavy atom. The molecule has 3 aromatic rings. The first-order valence-electron chi connectivity index (χ1n) is 6.78. The minimum atomic E-state index is 0.631. The second-order valence-electron chi connectivity index (χ2n) is 4.79. The van der Waals surface area contributed by atoms with Gasteiger partial charge in [0.2, 0.25) is 0 Å². The molecule has 0 bridgehead atoms. The van der Waals surface area contributed by atoms with Gasteiger partial charge in [-0.25, -0.2) is 4.98 Å². The molecule has 2 aromatic carbocycles. The summed E-state index contributed by atoms with van der Waals surface area (Å²) in [5, 5.41) is 17.7. The zero-order chi connectivity index (χ0) is 15.4. The van der Waals surface area contributed by atoms with E-state index >= 15 is 0 Å². The quantitative estimate of drug-likeness (QED) is 0.708. The summed E-state index contributed by atoms with van der Waals surface area (Å²) in [4.78, 5) is 4.66. The maximum absolute atomic E-state index is 8.85. The van der Waals surface area contributed by atoms with Crippen LogP contribution >= 0.6 is 0 Å². The largest absolute Gasteiger partial charge is 0.248 e. The lowest BCUT2D eigenvalue weighted by molar-refractivity contribution is 1.32. The van der Waals surface area contributed by atoms with E-state index < -0.39 is 0 Å². The van der Waals surface area contributed by atoms with Crippen LogP contribution in [0.5, 0.6) is 0 Å². The molecule has 0 aliphatic carbocycles. The van der Waals surface area contributed by atoms with Gasteiger partial charge in [0.05, 0.1) is 34.7 Å². The maximum atomic E-state index is 8.85. The molecule has 1 aromatic heterocycles. The van der Waals surface area contributed by atoms with Gasteiger partial charge in [0, 0.05) is 11.1 Å². The fourth-order valence-corrected chi connectivity index (χ4v) is 2.19. The third-order valence-electron chi connectivity index (χ3n) is 3.37. The Morgan fingerprint density at radius 2 is 1.00 bits per heavy atom. The maximum Gasteiger partial charge on any atom is 0.0991 e. The molecule has 3 rings (SSSR count). The van der Waals surface area contributed by atoms with Crippen molar-refractivity contribution in [2.24, 2.45) is 0 Å². The number of nitrogens with zero attached hydrogens (tertiary/aromatic N) is 3. The highest BCUT2D eigenvalue weighted by atomic mass is 14.7. The van der Waals surface area contributed by atoms with E-state index in [0.29, 0.717) is 11.1 Å². The highest BCUT2D eigenvalue weighted by Crippen LogP contribution is 2.23. The summed E-state index contributed by atoms with van der Waals surface area (Å²) in [6.07, 6.45) is 0. The molecule has 0 spiro atoms. The van der Waals surface area contributed by atoms with Crippen LogP contribution < -0.4 is 0 Å². The number of hydrogen-bond acceptors (Lipinski definition) is 3. The SMILES string of the molecule is N#Cc1ccc(-c2cccc(-c3ccc(C#N)cc3)n2)cc1. The lowest BCUT2D eigenvalue weighted by atomic mass is 10.1. The van der Waals surface area contributed by atoms with Crippen LogP contribution in [0.15, 0.2) is 66.7 Å². The summed E-state index contributed by atoms with van der Waals surface area (Å²) in [6.45, 7) is 0. The van der Waals surface area contributed by atoms with E-state index in [4.69, 9.17) is 10.5 Å². The molecule has 1 heterocycles. The summed E-state index contributed by atoms with van der Waals surface area (Å²) in [6, 6.07) is 24.7. The van der Waals surface area contributed by atoms with Crippen molar-refractivity contribution in [3.05, 3.63) is 77.9 Å². The molecule has 0 unspecified atom stereocenters. The highest BCUT2D eigenvalue weighted by Gasteiger charge is 2.04. The highest BCUT2D eigenvalue weighted by molar-refractivity contribution is 5.66. The van der Waals surface area contributed by atoms with Crippen LogP contribution in [0, 0.1) is 22.7 Å². The van der Waals surface area contributed by atoms with Crippen LogP contribution in [-0.2, 0) is 0 Å². The van der Waals surface area contributed by atoms with Gasteiger partial charge < -0.3 is 0 Å². The van der Waals surface area contributed by atoms with Gasteiger partial charge in [-0.15, -0.1) is 0 Å². The van der Waals surface area contributed by atoms with E-state index in [0.717, 1.165) is 22.5 Å². The monoisotopic (exact) mass is 281 g/mol. The number of pyridine rings is 1. The Kier molecular flexibility index (Phi) is 3.64. The fraction of sp³-hybridized carbons (Fsp3) is 0. The molecule has 0 N–H and O–H groups in total. The Balaban J connectivity index is 1.98. The summed E-state index contributed by atoms with van der Waals surface area (Å²) in [5.74, 6) is 0. The predicted molar refractivity (Wildman–Crippen MR) is 84.5 cm³/mol. The van der Waals surface area contributed by atoms with Gasteiger partial charge >= 0.3 is 0 Å². The molecule has 0 atom stereocenters. The van der Waals surface area contributed by atoms with Gasteiger partial charge in [0.15, 0.2) is 0 Å². The normalized spacial score (nSPS) is 9.73. The molecule has 0 radical (unpaired) electrons. The van der Waals surface area contributed by atoms with Crippen LogP contribution in [0.1, 0.15) is 11.1 Å². The molecule has 0 aliphatic rings. The van der Waals surface area contributed by atoms with Crippen molar-refractivity contribution in [1.29, 1.82) is 10.5 Å². The summed E-state index contributed by atoms with van der Waals surface area (Å²) < 4.78 is 0. The van der Waals surface area contributed by atoms with Crippen molar-refractivity contribution < 1.29 is 0 Å². The van der Waals surface area contributed by atoms with E-state index in [1.807, 2.05) is 42.5 Å². The molecule has 0 saturated carbocycles. The number of rotatable bonds is 2. The first kappa shape index (κ1) is 13.5. The van der Waals surface area contributed by atoms with E-state index in [9.17, 15) is 0 Å². The second kappa shape index (κ2) is 5.91. The number of nitriles is 2. The van der Waals surface area contributed by atoms with Gasteiger partial charge in [0.1, 0.15) is 0 Å². The summed E-state index contributed by atoms with van der Waals surface area (Å²) in [5.41, 5.74) is 4.90. The van der Waals surface area contributed by atoms with Gasteiger partial charge in [-0.1, -0.05) is 30.3 Å². The second-order valence-corrected chi connectivity index (χ2v) is 4.79. The lowest BCUT2D eigenvalue weighted by Gasteiger charge is -2.05. The molecule has 3 nitrogen and oxygen atoms in total. The first-order chi connectivity index (χ1) is 10.8. The van der Waals surface area contributed by atoms with Crippen molar-refractivity contribution >= 4 is 0 Å². The molecule has 0 fully saturated rings. The van der Waals surface area contributed by atoms with Crippen LogP contribution in [0.25, 0.3) is 22.5 Å². The van der Waals surface area contributed by atoms with Crippen LogP contribution in [-0.4, -0.2) is 4.98 Å². The average Bonchev–Trinajstić information content (AvgIpc) is 2.62. The molecule has 0 saturated heterocycles. The standard InChI is InChI=1S/C19H11N3/c20-12-14-4-8-16(9-5-14)18-2-1-3-19(22-18)17-10-6-15(13-21)7-11-17/h1-11H. The zero-order valence-corrected chi connectivity index (χ0v) is 11.7. The molecule has 0 aliphatic heterocycles. The minimum absolute atomic E-state index is 0.631. The Hall–Kier alpha value is -3.43. The summed E-state index contributed by atoms with van der Waals surface area (Å²) >= 11 is 0. The minimum Gasteiger partial charge on any atom is -0.248 e. The molecule has 0 amide bonds. The van der Waals surface area contributed by atoms with Gasteiger partial charge in [0.25, 0.3) is 0 Å². The lowest BCUT2D eigenvalue weighted by Crippen LogP contribution is -1.88. The van der Waals surface area contributed by atoms with Crippen LogP contribution in [0.3, 0.4) is 0 Å². The van der Waals surface area contributed by atoms with Crippen molar-refractivity contribution in [1.82, 2.24) is 4.98 Å². The number of hydrogen-bond donors (Lipinski definition) is 0. The van der Waals surface area contributed by atoms with Gasteiger partial charge in [-0.2, -0.15) is 10.5 Å². The number of aromatic nitrogens is 1. The van der Waals surface area contributed by atoms with E-state index in [2.05, 4.69) is 17.1 Å². The van der Waals surface area contributed by atoms with Crippen molar-refractivity contribution in [2.45, 2.75) is 0 Å². The first-order valence-corrected chi connectivity index (χ1v) is 6.78. The van der Waals surface area contributed by atoms with Crippen molar-refractivity contribution in [3.8, 4) is 34.7 Å². The Bertz CT molecular complexity index is 807. The van der Waals surface area contributed by atoms with Gasteiger partial charge in [-0.05, 0) is 36.4 Å². The molecular weight excluding hydrogens is 270 g/mol. The zero-order valence-electron chi connectivity index (χ0n) is 11.7. The molecule has 102 valence electrons. The third kappa shape index (κ3) is 2.70. The van der Waals surface area contributed by atoms with E-state index in [-0.39, 0.29) is 0 Å².